The summed E-state index contributed by atoms with van der Waals surface area (Å²) in [6.07, 6.45) is 3.89. The summed E-state index contributed by atoms with van der Waals surface area (Å²) in [5.41, 5.74) is 2.50. The van der Waals surface area contributed by atoms with E-state index in [0.29, 0.717) is 25.1 Å². The van der Waals surface area contributed by atoms with E-state index in [1.165, 1.54) is 0 Å². The van der Waals surface area contributed by atoms with Gasteiger partial charge >= 0.3 is 0 Å². The van der Waals surface area contributed by atoms with Gasteiger partial charge in [0, 0.05) is 41.8 Å². The van der Waals surface area contributed by atoms with E-state index in [1.807, 2.05) is 53.2 Å². The second-order valence-corrected chi connectivity index (χ2v) is 5.66. The number of nitrogens with one attached hydrogen (secondary N) is 1. The predicted octanol–water partition coefficient (Wildman–Crippen LogP) is 2.95. The van der Waals surface area contributed by atoms with E-state index >= 15 is 0 Å². The number of para-hydroxylation sites is 1. The molecular formula is C19H19N3O2. The molecule has 0 aliphatic carbocycles. The summed E-state index contributed by atoms with van der Waals surface area (Å²) in [5.74, 6) is -0.00707. The van der Waals surface area contributed by atoms with Crippen LogP contribution in [-0.2, 0) is 17.9 Å². The van der Waals surface area contributed by atoms with Crippen LogP contribution in [0, 0.1) is 0 Å². The van der Waals surface area contributed by atoms with Crippen LogP contribution in [0.1, 0.15) is 29.4 Å². The van der Waals surface area contributed by atoms with Gasteiger partial charge in [-0.2, -0.15) is 0 Å². The summed E-state index contributed by atoms with van der Waals surface area (Å²) >= 11 is 0. The number of amides is 1. The Bertz CT molecular complexity index is 869. The van der Waals surface area contributed by atoms with Crippen molar-refractivity contribution in [1.82, 2.24) is 14.9 Å². The number of nitrogens with zero attached hydrogens (tertiary/aromatic N) is 2. The second kappa shape index (κ2) is 7.08. The van der Waals surface area contributed by atoms with Crippen molar-refractivity contribution in [3.8, 4) is 0 Å². The minimum absolute atomic E-state index is 0.0320. The highest BCUT2D eigenvalue weighted by atomic mass is 16.1. The molecule has 0 saturated carbocycles. The summed E-state index contributed by atoms with van der Waals surface area (Å²) in [4.78, 5) is 28.0. The van der Waals surface area contributed by atoms with E-state index in [4.69, 9.17) is 0 Å². The van der Waals surface area contributed by atoms with Gasteiger partial charge < -0.3 is 9.88 Å². The fourth-order valence-corrected chi connectivity index (χ4v) is 2.71. The average molecular weight is 321 g/mol. The van der Waals surface area contributed by atoms with Crippen LogP contribution >= 0.6 is 0 Å². The summed E-state index contributed by atoms with van der Waals surface area (Å²) in [6.45, 7) is 2.51. The minimum atomic E-state index is -0.0391. The SMILES string of the molecule is CC(=O)c1cn(CCC(=O)NCc2ccccn2)c2ccccc12. The van der Waals surface area contributed by atoms with Crippen LogP contribution in [0.15, 0.2) is 54.9 Å². The first-order chi connectivity index (χ1) is 11.6. The highest BCUT2D eigenvalue weighted by molar-refractivity contribution is 6.06. The minimum Gasteiger partial charge on any atom is -0.350 e. The average Bonchev–Trinajstić information content (AvgIpc) is 2.98. The van der Waals surface area contributed by atoms with E-state index < -0.39 is 0 Å². The molecule has 3 aromatic rings. The van der Waals surface area contributed by atoms with Crippen LogP contribution in [-0.4, -0.2) is 21.2 Å². The molecule has 1 amide bonds. The van der Waals surface area contributed by atoms with Crippen LogP contribution in [0.3, 0.4) is 0 Å². The third-order valence-corrected chi connectivity index (χ3v) is 3.94. The fraction of sp³-hybridized carbons (Fsp3) is 0.211. The van der Waals surface area contributed by atoms with Gasteiger partial charge in [-0.3, -0.25) is 14.6 Å². The van der Waals surface area contributed by atoms with Crippen LogP contribution in [0.5, 0.6) is 0 Å². The Labute approximate surface area is 140 Å². The molecule has 1 N–H and O–H groups in total. The molecule has 24 heavy (non-hydrogen) atoms. The first-order valence-electron chi connectivity index (χ1n) is 7.90. The van der Waals surface area contributed by atoms with Gasteiger partial charge in [-0.25, -0.2) is 0 Å². The maximum atomic E-state index is 12.0. The van der Waals surface area contributed by atoms with E-state index in [9.17, 15) is 9.59 Å². The Morgan fingerprint density at radius 1 is 1.12 bits per heavy atom. The van der Waals surface area contributed by atoms with E-state index in [0.717, 1.165) is 16.6 Å². The number of carbonyl (C=O) groups excluding carboxylic acids is 2. The molecule has 0 spiro atoms. The maximum absolute atomic E-state index is 12.0. The largest absolute Gasteiger partial charge is 0.350 e. The first-order valence-corrected chi connectivity index (χ1v) is 7.90. The molecule has 3 rings (SSSR count). The highest BCUT2D eigenvalue weighted by Gasteiger charge is 2.12. The molecule has 5 heteroatoms. The van der Waals surface area contributed by atoms with Crippen LogP contribution in [0.4, 0.5) is 0 Å². The summed E-state index contributed by atoms with van der Waals surface area (Å²) in [5, 5.41) is 3.79. The Morgan fingerprint density at radius 3 is 2.67 bits per heavy atom. The van der Waals surface area contributed by atoms with E-state index in [2.05, 4.69) is 10.3 Å². The van der Waals surface area contributed by atoms with Crippen molar-refractivity contribution in [3.05, 3.63) is 66.1 Å². The summed E-state index contributed by atoms with van der Waals surface area (Å²) in [6, 6.07) is 13.4. The number of hydrogen-bond acceptors (Lipinski definition) is 3. The zero-order valence-corrected chi connectivity index (χ0v) is 13.5. The van der Waals surface area contributed by atoms with Crippen LogP contribution < -0.4 is 5.32 Å². The number of carbonyl (C=O) groups is 2. The number of ketones is 1. The van der Waals surface area contributed by atoms with E-state index in [-0.39, 0.29) is 11.7 Å². The normalized spacial score (nSPS) is 10.7. The van der Waals surface area contributed by atoms with E-state index in [1.54, 1.807) is 13.1 Å². The maximum Gasteiger partial charge on any atom is 0.222 e. The zero-order chi connectivity index (χ0) is 16.9. The lowest BCUT2D eigenvalue weighted by molar-refractivity contribution is -0.121. The Hall–Kier alpha value is -2.95. The van der Waals surface area contributed by atoms with Gasteiger partial charge in [0.2, 0.25) is 5.91 Å². The molecule has 0 radical (unpaired) electrons. The number of aryl methyl sites for hydroxylation is 1. The third kappa shape index (κ3) is 3.51. The molecular weight excluding hydrogens is 302 g/mol. The smallest absolute Gasteiger partial charge is 0.222 e. The topological polar surface area (TPSA) is 64.0 Å². The molecule has 0 atom stereocenters. The Kier molecular flexibility index (Phi) is 4.70. The van der Waals surface area contributed by atoms with Gasteiger partial charge in [-0.05, 0) is 25.1 Å². The standard InChI is InChI=1S/C19H19N3O2/c1-14(23)17-13-22(18-8-3-2-7-16(17)18)11-9-19(24)21-12-15-6-4-5-10-20-15/h2-8,10,13H,9,11-12H2,1H3,(H,21,24). The first kappa shape index (κ1) is 15.9. The highest BCUT2D eigenvalue weighted by Crippen LogP contribution is 2.22. The molecule has 1 aromatic carbocycles. The molecule has 0 aliphatic rings. The van der Waals surface area contributed by atoms with Crippen LogP contribution in [0.25, 0.3) is 10.9 Å². The van der Waals surface area contributed by atoms with Crippen molar-refractivity contribution in [3.63, 3.8) is 0 Å². The number of Topliss-reactive ketones (excluding diaryl/α,β-unsaturated/α-hetero) is 1. The van der Waals surface area contributed by atoms with Gasteiger partial charge in [0.1, 0.15) is 0 Å². The molecule has 0 bridgehead atoms. The van der Waals surface area contributed by atoms with Crippen molar-refractivity contribution < 1.29 is 9.59 Å². The number of fused-ring (bicyclic) bond motifs is 1. The third-order valence-electron chi connectivity index (χ3n) is 3.94. The number of aromatic nitrogens is 2. The molecule has 0 unspecified atom stereocenters. The van der Waals surface area contributed by atoms with Crippen molar-refractivity contribution in [1.29, 1.82) is 0 Å². The molecule has 5 nitrogen and oxygen atoms in total. The van der Waals surface area contributed by atoms with Crippen molar-refractivity contribution >= 4 is 22.6 Å². The van der Waals surface area contributed by atoms with Gasteiger partial charge in [-0.1, -0.05) is 24.3 Å². The summed E-state index contributed by atoms with van der Waals surface area (Å²) in [7, 11) is 0. The van der Waals surface area contributed by atoms with Gasteiger partial charge in [0.25, 0.3) is 0 Å². The number of hydrogen-bond donors (Lipinski definition) is 1. The van der Waals surface area contributed by atoms with Gasteiger partial charge in [0.05, 0.1) is 12.2 Å². The molecule has 122 valence electrons. The summed E-state index contributed by atoms with van der Waals surface area (Å²) < 4.78 is 1.96. The Balaban J connectivity index is 1.65. The van der Waals surface area contributed by atoms with Gasteiger partial charge in [0.15, 0.2) is 5.78 Å². The zero-order valence-electron chi connectivity index (χ0n) is 13.5. The molecule has 2 aromatic heterocycles. The second-order valence-electron chi connectivity index (χ2n) is 5.66. The fourth-order valence-electron chi connectivity index (χ4n) is 2.71. The quantitative estimate of drug-likeness (QED) is 0.710. The molecule has 0 fully saturated rings. The van der Waals surface area contributed by atoms with Crippen LogP contribution in [0.2, 0.25) is 0 Å². The molecule has 2 heterocycles. The van der Waals surface area contributed by atoms with Crippen molar-refractivity contribution in [2.45, 2.75) is 26.4 Å². The lowest BCUT2D eigenvalue weighted by atomic mass is 10.1. The molecule has 0 saturated heterocycles. The molecule has 0 aliphatic heterocycles. The lowest BCUT2D eigenvalue weighted by Crippen LogP contribution is -2.24. The van der Waals surface area contributed by atoms with Gasteiger partial charge in [-0.15, -0.1) is 0 Å². The monoisotopic (exact) mass is 321 g/mol. The number of rotatable bonds is 6. The lowest BCUT2D eigenvalue weighted by Gasteiger charge is -2.07. The van der Waals surface area contributed by atoms with Crippen molar-refractivity contribution in [2.24, 2.45) is 0 Å². The number of pyridine rings is 1. The van der Waals surface area contributed by atoms with Crippen molar-refractivity contribution in [2.75, 3.05) is 0 Å². The predicted molar refractivity (Wildman–Crippen MR) is 92.6 cm³/mol. The Morgan fingerprint density at radius 2 is 1.92 bits per heavy atom. The number of benzene rings is 1.